The minimum Gasteiger partial charge on any atom is -0.453 e. The van der Waals surface area contributed by atoms with E-state index in [0.717, 1.165) is 0 Å². The Kier molecular flexibility index (Phi) is 9.08. The fraction of sp³-hybridized carbons (Fsp3) is 0.812. The zero-order chi connectivity index (χ0) is 19.7. The van der Waals surface area contributed by atoms with Crippen molar-refractivity contribution in [2.75, 3.05) is 20.2 Å². The number of amides is 3. The first-order valence-electron chi connectivity index (χ1n) is 8.10. The summed E-state index contributed by atoms with van der Waals surface area (Å²) in [6, 6.07) is -0.459. The van der Waals surface area contributed by atoms with Crippen molar-refractivity contribution >= 4 is 18.3 Å². The zero-order valence-corrected chi connectivity index (χ0v) is 16.1. The van der Waals surface area contributed by atoms with Gasteiger partial charge in [-0.25, -0.2) is 14.4 Å². The van der Waals surface area contributed by atoms with Gasteiger partial charge in [-0.15, -0.1) is 0 Å². The van der Waals surface area contributed by atoms with Crippen LogP contribution in [0, 0.1) is 0 Å². The molecule has 1 unspecified atom stereocenters. The molecule has 0 bridgehead atoms. The number of rotatable bonds is 6. The molecule has 0 aromatic rings. The van der Waals surface area contributed by atoms with E-state index in [9.17, 15) is 14.4 Å². The highest BCUT2D eigenvalue weighted by atomic mass is 16.6. The van der Waals surface area contributed by atoms with Crippen LogP contribution in [0.3, 0.4) is 0 Å². The molecule has 1 atom stereocenters. The predicted molar refractivity (Wildman–Crippen MR) is 92.4 cm³/mol. The third-order valence-corrected chi connectivity index (χ3v) is 2.56. The maximum atomic E-state index is 11.9. The molecule has 0 aliphatic rings. The first kappa shape index (κ1) is 22.8. The lowest BCUT2D eigenvalue weighted by molar-refractivity contribution is 0.0461. The lowest BCUT2D eigenvalue weighted by Gasteiger charge is -2.25. The summed E-state index contributed by atoms with van der Waals surface area (Å²) in [5.41, 5.74) is -1.26. The van der Waals surface area contributed by atoms with Crippen molar-refractivity contribution < 1.29 is 28.6 Å². The van der Waals surface area contributed by atoms with Crippen LogP contribution in [0.5, 0.6) is 0 Å². The largest absolute Gasteiger partial charge is 0.453 e. The average Bonchev–Trinajstić information content (AvgIpc) is 2.40. The van der Waals surface area contributed by atoms with Crippen LogP contribution in [-0.2, 0) is 14.2 Å². The fourth-order valence-corrected chi connectivity index (χ4v) is 1.64. The molecule has 9 heteroatoms. The smallest absolute Gasteiger partial charge is 0.407 e. The van der Waals surface area contributed by atoms with Crippen molar-refractivity contribution in [3.8, 4) is 0 Å². The van der Waals surface area contributed by atoms with Crippen LogP contribution in [-0.4, -0.2) is 55.7 Å². The van der Waals surface area contributed by atoms with Crippen LogP contribution >= 0.6 is 0 Å². The van der Waals surface area contributed by atoms with Gasteiger partial charge in [-0.05, 0) is 48.0 Å². The Balaban J connectivity index is 4.58. The minimum absolute atomic E-state index is 0.122. The van der Waals surface area contributed by atoms with Gasteiger partial charge >= 0.3 is 18.3 Å². The number of ether oxygens (including phenoxy) is 3. The van der Waals surface area contributed by atoms with Gasteiger partial charge in [0.2, 0.25) is 0 Å². The van der Waals surface area contributed by atoms with Crippen molar-refractivity contribution in [3.63, 3.8) is 0 Å². The normalized spacial score (nSPS) is 12.6. The third kappa shape index (κ3) is 13.9. The second kappa shape index (κ2) is 9.95. The molecular weight excluding hydrogens is 330 g/mol. The molecule has 0 radical (unpaired) electrons. The monoisotopic (exact) mass is 361 g/mol. The Bertz CT molecular complexity index is 454. The van der Waals surface area contributed by atoms with Gasteiger partial charge in [-0.3, -0.25) is 0 Å². The summed E-state index contributed by atoms with van der Waals surface area (Å²) in [6.45, 7) is 10.9. The van der Waals surface area contributed by atoms with Crippen LogP contribution in [0.2, 0.25) is 0 Å². The van der Waals surface area contributed by atoms with Crippen molar-refractivity contribution in [2.45, 2.75) is 65.2 Å². The van der Waals surface area contributed by atoms with E-state index in [0.29, 0.717) is 6.42 Å². The number of carbonyl (C=O) groups is 3. The molecule has 25 heavy (non-hydrogen) atoms. The molecule has 0 heterocycles. The highest BCUT2D eigenvalue weighted by Crippen LogP contribution is 2.08. The van der Waals surface area contributed by atoms with Gasteiger partial charge in [0.25, 0.3) is 0 Å². The van der Waals surface area contributed by atoms with E-state index >= 15 is 0 Å². The molecule has 3 amide bonds. The van der Waals surface area contributed by atoms with Gasteiger partial charge in [-0.1, -0.05) is 0 Å². The van der Waals surface area contributed by atoms with Gasteiger partial charge < -0.3 is 30.2 Å². The topological polar surface area (TPSA) is 115 Å². The highest BCUT2D eigenvalue weighted by Gasteiger charge is 2.21. The van der Waals surface area contributed by atoms with E-state index in [4.69, 9.17) is 9.47 Å². The standard InChI is InChI=1S/C16H31N3O6/c1-15(2,3)24-13(21)18-10-11(8-9-17-12(20)23-7)19-14(22)25-16(4,5)6/h11H,8-10H2,1-7H3,(H,17,20)(H,18,21)(H,19,22). The van der Waals surface area contributed by atoms with E-state index in [1.807, 2.05) is 0 Å². The average molecular weight is 361 g/mol. The second-order valence-corrected chi connectivity index (χ2v) is 7.43. The van der Waals surface area contributed by atoms with Gasteiger partial charge in [0.05, 0.1) is 13.2 Å². The molecule has 9 nitrogen and oxygen atoms in total. The van der Waals surface area contributed by atoms with Gasteiger partial charge in [-0.2, -0.15) is 0 Å². The van der Waals surface area contributed by atoms with Crippen molar-refractivity contribution in [1.82, 2.24) is 16.0 Å². The molecule has 0 aromatic heterocycles. The summed E-state index contributed by atoms with van der Waals surface area (Å²) in [5.74, 6) is 0. The number of carbonyl (C=O) groups excluding carboxylic acids is 3. The predicted octanol–water partition coefficient (Wildman–Crippen LogP) is 2.15. The molecule has 3 N–H and O–H groups in total. The molecule has 0 aliphatic heterocycles. The Morgan fingerprint density at radius 1 is 0.840 bits per heavy atom. The van der Waals surface area contributed by atoms with E-state index < -0.39 is 35.5 Å². The summed E-state index contributed by atoms with van der Waals surface area (Å²) in [6.07, 6.45) is -1.41. The molecule has 0 fully saturated rings. The summed E-state index contributed by atoms with van der Waals surface area (Å²) < 4.78 is 14.8. The van der Waals surface area contributed by atoms with Gasteiger partial charge in [0, 0.05) is 13.1 Å². The molecule has 0 saturated heterocycles. The Morgan fingerprint density at radius 2 is 1.36 bits per heavy atom. The van der Waals surface area contributed by atoms with Crippen LogP contribution in [0.15, 0.2) is 0 Å². The second-order valence-electron chi connectivity index (χ2n) is 7.43. The quantitative estimate of drug-likeness (QED) is 0.625. The van der Waals surface area contributed by atoms with Gasteiger partial charge in [0.15, 0.2) is 0 Å². The SMILES string of the molecule is COC(=O)NCCC(CNC(=O)OC(C)(C)C)NC(=O)OC(C)(C)C. The molecule has 0 aliphatic carbocycles. The molecular formula is C16H31N3O6. The number of nitrogens with one attached hydrogen (secondary N) is 3. The molecule has 0 rings (SSSR count). The maximum Gasteiger partial charge on any atom is 0.407 e. The number of methoxy groups -OCH3 is 1. The highest BCUT2D eigenvalue weighted by molar-refractivity contribution is 5.69. The number of alkyl carbamates (subject to hydrolysis) is 3. The summed E-state index contributed by atoms with van der Waals surface area (Å²) in [7, 11) is 1.26. The van der Waals surface area contributed by atoms with Crippen LogP contribution < -0.4 is 16.0 Å². The van der Waals surface area contributed by atoms with Crippen molar-refractivity contribution in [3.05, 3.63) is 0 Å². The summed E-state index contributed by atoms with van der Waals surface area (Å²) in [4.78, 5) is 34.7. The van der Waals surface area contributed by atoms with Crippen LogP contribution in [0.25, 0.3) is 0 Å². The van der Waals surface area contributed by atoms with Crippen molar-refractivity contribution in [2.24, 2.45) is 0 Å². The summed E-state index contributed by atoms with van der Waals surface area (Å²) >= 11 is 0. The maximum absolute atomic E-state index is 11.9. The van der Waals surface area contributed by atoms with E-state index in [1.165, 1.54) is 7.11 Å². The lowest BCUT2D eigenvalue weighted by Crippen LogP contribution is -2.47. The van der Waals surface area contributed by atoms with Crippen LogP contribution in [0.4, 0.5) is 14.4 Å². The number of hydrogen-bond acceptors (Lipinski definition) is 6. The molecule has 0 spiro atoms. The van der Waals surface area contributed by atoms with Gasteiger partial charge in [0.1, 0.15) is 11.2 Å². The summed E-state index contributed by atoms with van der Waals surface area (Å²) in [5, 5.41) is 7.76. The van der Waals surface area contributed by atoms with E-state index in [2.05, 4.69) is 20.7 Å². The van der Waals surface area contributed by atoms with E-state index in [-0.39, 0.29) is 13.1 Å². The zero-order valence-electron chi connectivity index (χ0n) is 16.1. The number of hydrogen-bond donors (Lipinski definition) is 3. The van der Waals surface area contributed by atoms with E-state index in [1.54, 1.807) is 41.5 Å². The molecule has 0 saturated carbocycles. The molecule has 146 valence electrons. The lowest BCUT2D eigenvalue weighted by atomic mass is 10.2. The third-order valence-electron chi connectivity index (χ3n) is 2.56. The Labute approximate surface area is 149 Å². The van der Waals surface area contributed by atoms with Crippen LogP contribution in [0.1, 0.15) is 48.0 Å². The Morgan fingerprint density at radius 3 is 1.84 bits per heavy atom. The first-order valence-corrected chi connectivity index (χ1v) is 8.10. The minimum atomic E-state index is -0.641. The Hall–Kier alpha value is -2.19. The fourth-order valence-electron chi connectivity index (χ4n) is 1.64. The van der Waals surface area contributed by atoms with Crippen molar-refractivity contribution in [1.29, 1.82) is 0 Å². The first-order chi connectivity index (χ1) is 11.3. The molecule has 0 aromatic carbocycles.